The molecule has 0 aliphatic carbocycles. The molecule has 0 bridgehead atoms. The van der Waals surface area contributed by atoms with Crippen LogP contribution in [0.1, 0.15) is 41.0 Å². The van der Waals surface area contributed by atoms with Crippen LogP contribution in [0.15, 0.2) is 89.9 Å². The van der Waals surface area contributed by atoms with E-state index in [-0.39, 0.29) is 6.42 Å². The van der Waals surface area contributed by atoms with E-state index in [4.69, 9.17) is 5.73 Å². The van der Waals surface area contributed by atoms with Crippen LogP contribution in [0.25, 0.3) is 0 Å². The third-order valence-corrected chi connectivity index (χ3v) is 6.47. The van der Waals surface area contributed by atoms with Gasteiger partial charge < -0.3 is 11.1 Å². The molecule has 196 valence electrons. The molecule has 2 amide bonds. The number of alkyl halides is 3. The van der Waals surface area contributed by atoms with Crippen LogP contribution in [0.5, 0.6) is 0 Å². The highest BCUT2D eigenvalue weighted by Crippen LogP contribution is 2.33. The maximum Gasteiger partial charge on any atom is 0.389 e. The molecule has 38 heavy (non-hydrogen) atoms. The maximum absolute atomic E-state index is 13.5. The normalized spacial score (nSPS) is 17.0. The number of benzene rings is 3. The van der Waals surface area contributed by atoms with Gasteiger partial charge in [-0.05, 0) is 17.5 Å². The van der Waals surface area contributed by atoms with Crippen molar-refractivity contribution in [1.29, 1.82) is 0 Å². The average Bonchev–Trinajstić information content (AvgIpc) is 3.02. The molecule has 3 atom stereocenters. The lowest BCUT2D eigenvalue weighted by Gasteiger charge is -2.26. The van der Waals surface area contributed by atoms with Crippen molar-refractivity contribution in [2.45, 2.75) is 37.5 Å². The molecule has 9 heteroatoms. The van der Waals surface area contributed by atoms with Crippen molar-refractivity contribution in [2.24, 2.45) is 16.6 Å². The number of nitrogens with two attached hydrogens (primary N) is 1. The second kappa shape index (κ2) is 11.4. The Kier molecular flexibility index (Phi) is 8.05. The Morgan fingerprint density at radius 2 is 1.55 bits per heavy atom. The lowest BCUT2D eigenvalue weighted by molar-refractivity contribution is -0.144. The van der Waals surface area contributed by atoms with Crippen molar-refractivity contribution in [3.8, 4) is 0 Å². The van der Waals surface area contributed by atoms with Crippen LogP contribution in [0.3, 0.4) is 0 Å². The van der Waals surface area contributed by atoms with E-state index in [1.165, 1.54) is 12.1 Å². The summed E-state index contributed by atoms with van der Waals surface area (Å²) < 4.78 is 39.6. The summed E-state index contributed by atoms with van der Waals surface area (Å²) in [6.45, 7) is 0. The smallest absolute Gasteiger partial charge is 0.369 e. The highest BCUT2D eigenvalue weighted by Gasteiger charge is 2.39. The van der Waals surface area contributed by atoms with Gasteiger partial charge in [0.2, 0.25) is 11.8 Å². The monoisotopic (exact) mass is 521 g/mol. The van der Waals surface area contributed by atoms with Crippen molar-refractivity contribution in [1.82, 2.24) is 5.32 Å². The second-order valence-electron chi connectivity index (χ2n) is 9.11. The fraction of sp³-hybridized carbons (Fsp3) is 0.241. The van der Waals surface area contributed by atoms with Gasteiger partial charge in [0.05, 0.1) is 17.5 Å². The van der Waals surface area contributed by atoms with E-state index < -0.39 is 54.6 Å². The molecule has 0 fully saturated rings. The predicted molar refractivity (Wildman–Crippen MR) is 136 cm³/mol. The number of carbonyl (C=O) groups excluding carboxylic acids is 3. The summed E-state index contributed by atoms with van der Waals surface area (Å²) in [5.41, 5.74) is 8.52. The number of amides is 2. The molecule has 1 aliphatic rings. The molecule has 3 aromatic rings. The summed E-state index contributed by atoms with van der Waals surface area (Å²) in [5, 5.41) is 2.53. The Hall–Kier alpha value is -4.27. The van der Waals surface area contributed by atoms with Crippen molar-refractivity contribution in [3.63, 3.8) is 0 Å². The number of rotatable bonds is 8. The molecule has 4 rings (SSSR count). The van der Waals surface area contributed by atoms with Gasteiger partial charge in [-0.3, -0.25) is 19.4 Å². The van der Waals surface area contributed by atoms with Crippen LogP contribution in [0, 0.1) is 5.92 Å². The first kappa shape index (κ1) is 26.8. The zero-order valence-corrected chi connectivity index (χ0v) is 20.3. The van der Waals surface area contributed by atoms with Crippen LogP contribution in [0.4, 0.5) is 13.2 Å². The first-order chi connectivity index (χ1) is 18.1. The van der Waals surface area contributed by atoms with Crippen molar-refractivity contribution in [3.05, 3.63) is 107 Å². The van der Waals surface area contributed by atoms with Crippen LogP contribution in [-0.2, 0) is 20.8 Å². The number of fused-ring (bicyclic) bond motifs is 1. The fourth-order valence-corrected chi connectivity index (χ4v) is 4.66. The summed E-state index contributed by atoms with van der Waals surface area (Å²) in [4.78, 5) is 43.7. The first-order valence-electron chi connectivity index (χ1n) is 12.1. The van der Waals surface area contributed by atoms with Crippen LogP contribution < -0.4 is 11.1 Å². The molecule has 6 nitrogen and oxygen atoms in total. The minimum atomic E-state index is -4.56. The van der Waals surface area contributed by atoms with Gasteiger partial charge in [0.15, 0.2) is 11.9 Å². The first-order valence-corrected chi connectivity index (χ1v) is 12.1. The second-order valence-corrected chi connectivity index (χ2v) is 9.11. The van der Waals surface area contributed by atoms with Gasteiger partial charge >= 0.3 is 6.18 Å². The number of primary amides is 1. The molecule has 0 radical (unpaired) electrons. The van der Waals surface area contributed by atoms with E-state index in [1.807, 2.05) is 42.5 Å². The summed E-state index contributed by atoms with van der Waals surface area (Å²) in [6, 6.07) is 24.2. The summed E-state index contributed by atoms with van der Waals surface area (Å²) in [5.74, 6) is -5.06. The molecular weight excluding hydrogens is 495 g/mol. The number of hydrogen-bond acceptors (Lipinski definition) is 4. The molecule has 0 saturated heterocycles. The predicted octanol–water partition coefficient (Wildman–Crippen LogP) is 4.32. The number of hydrogen-bond donors (Lipinski definition) is 2. The number of aliphatic imine (C=N–C) groups is 1. The van der Waals surface area contributed by atoms with Gasteiger partial charge in [0.25, 0.3) is 0 Å². The Labute approximate surface area is 217 Å². The fourth-order valence-electron chi connectivity index (χ4n) is 4.66. The number of halogens is 3. The van der Waals surface area contributed by atoms with Crippen molar-refractivity contribution < 1.29 is 27.6 Å². The average molecular weight is 522 g/mol. The van der Waals surface area contributed by atoms with Crippen molar-refractivity contribution >= 4 is 23.3 Å². The topological polar surface area (TPSA) is 102 Å². The van der Waals surface area contributed by atoms with Gasteiger partial charge in [0, 0.05) is 24.0 Å². The van der Waals surface area contributed by atoms with E-state index >= 15 is 0 Å². The van der Waals surface area contributed by atoms with Crippen molar-refractivity contribution in [2.75, 3.05) is 0 Å². The minimum Gasteiger partial charge on any atom is -0.369 e. The molecule has 0 spiro atoms. The van der Waals surface area contributed by atoms with E-state index in [9.17, 15) is 27.6 Å². The lowest BCUT2D eigenvalue weighted by Crippen LogP contribution is -2.46. The van der Waals surface area contributed by atoms with Gasteiger partial charge in [-0.1, -0.05) is 84.9 Å². The van der Waals surface area contributed by atoms with E-state index in [1.54, 1.807) is 30.3 Å². The third kappa shape index (κ3) is 6.34. The van der Waals surface area contributed by atoms with Crippen LogP contribution in [-0.4, -0.2) is 35.7 Å². The number of carbonyl (C=O) groups is 3. The number of ketones is 1. The summed E-state index contributed by atoms with van der Waals surface area (Å²) >= 11 is 0. The van der Waals surface area contributed by atoms with Gasteiger partial charge in [-0.2, -0.15) is 13.2 Å². The highest BCUT2D eigenvalue weighted by molar-refractivity contribution is 6.16. The summed E-state index contributed by atoms with van der Waals surface area (Å²) in [6.07, 6.45) is -7.94. The molecule has 3 aromatic carbocycles. The Balaban J connectivity index is 1.71. The van der Waals surface area contributed by atoms with Crippen LogP contribution >= 0.6 is 0 Å². The number of Topliss-reactive ketones (excluding diaryl/α,β-unsaturated/α-hetero) is 1. The molecule has 3 N–H and O–H groups in total. The minimum absolute atomic E-state index is 0.0356. The van der Waals surface area contributed by atoms with E-state index in [0.29, 0.717) is 22.4 Å². The van der Waals surface area contributed by atoms with Crippen LogP contribution in [0.2, 0.25) is 0 Å². The molecule has 0 aromatic heterocycles. The Morgan fingerprint density at radius 3 is 2.18 bits per heavy atom. The molecule has 1 heterocycles. The van der Waals surface area contributed by atoms with E-state index in [2.05, 4.69) is 10.3 Å². The Morgan fingerprint density at radius 1 is 0.947 bits per heavy atom. The quantitative estimate of drug-likeness (QED) is 0.462. The SMILES string of the molecule is NC(=O)[C@@H](c1ccccc1)[C@@H](CCC(F)(F)F)C(=O)N[C@H]1N=C(c2ccccc2)c2ccccc2CC1=O. The van der Waals surface area contributed by atoms with Gasteiger partial charge in [-0.25, -0.2) is 0 Å². The van der Waals surface area contributed by atoms with Gasteiger partial charge in [-0.15, -0.1) is 0 Å². The highest BCUT2D eigenvalue weighted by atomic mass is 19.4. The zero-order valence-electron chi connectivity index (χ0n) is 20.3. The molecule has 0 saturated carbocycles. The third-order valence-electron chi connectivity index (χ3n) is 6.47. The molecular formula is C29H26F3N3O3. The zero-order chi connectivity index (χ0) is 27.3. The maximum atomic E-state index is 13.5. The van der Waals surface area contributed by atoms with E-state index in [0.717, 1.165) is 5.56 Å². The standard InChI is InChI=1S/C29H26F3N3O3/c30-29(31,32)16-15-22(24(26(33)37)18-9-3-1-4-10-18)28(38)35-27-23(36)17-20-13-7-8-14-21(20)25(34-27)19-11-5-2-6-12-19/h1-14,22,24,27H,15-17H2,(H2,33,37)(H,35,38)/t22-,24+,27-/m1/s1. The summed E-state index contributed by atoms with van der Waals surface area (Å²) in [7, 11) is 0. The molecule has 0 unspecified atom stereocenters. The van der Waals surface area contributed by atoms with Gasteiger partial charge in [0.1, 0.15) is 0 Å². The lowest BCUT2D eigenvalue weighted by atomic mass is 9.81. The number of nitrogens with zero attached hydrogens (tertiary/aromatic N) is 1. The Bertz CT molecular complexity index is 1340. The molecule has 1 aliphatic heterocycles. The largest absolute Gasteiger partial charge is 0.389 e. The number of nitrogens with one attached hydrogen (secondary N) is 1.